The van der Waals surface area contributed by atoms with Crippen LogP contribution in [0.1, 0.15) is 13.3 Å². The average molecular weight is 448 g/mol. The standard InChI is InChI=1S/C13H13F5N4O8/c1-2-20-9(25)21(11(27)22(10(20)26)6-19-7-23)4-3-8(24)28-5-12(14,15)29-13(16,17)30-18/h2-6H2,1H3. The van der Waals surface area contributed by atoms with Crippen LogP contribution < -0.4 is 17.1 Å². The number of alkyl halides is 4. The molecule has 0 N–H and O–H groups in total. The van der Waals surface area contributed by atoms with Gasteiger partial charge >= 0.3 is 35.4 Å². The second kappa shape index (κ2) is 10.0. The fraction of sp³-hybridized carbons (Fsp3) is 0.615. The maximum atomic E-state index is 13.1. The van der Waals surface area contributed by atoms with Crippen LogP contribution in [-0.4, -0.2) is 44.8 Å². The van der Waals surface area contributed by atoms with E-state index in [1.807, 2.05) is 4.94 Å². The number of aromatic nitrogens is 3. The van der Waals surface area contributed by atoms with Crippen molar-refractivity contribution in [1.29, 1.82) is 0 Å². The number of hydrogen-bond acceptors (Lipinski definition) is 9. The van der Waals surface area contributed by atoms with Gasteiger partial charge in [0.1, 0.15) is 6.67 Å². The molecule has 0 saturated carbocycles. The van der Waals surface area contributed by atoms with E-state index < -0.39 is 61.7 Å². The number of ether oxygens (including phenoxy) is 2. The van der Waals surface area contributed by atoms with E-state index in [2.05, 4.69) is 14.5 Å². The summed E-state index contributed by atoms with van der Waals surface area (Å²) in [7, 11) is 0. The fourth-order valence-corrected chi connectivity index (χ4v) is 2.02. The summed E-state index contributed by atoms with van der Waals surface area (Å²) in [4.78, 5) is 63.0. The van der Waals surface area contributed by atoms with Gasteiger partial charge in [-0.05, 0) is 11.4 Å². The first-order valence-corrected chi connectivity index (χ1v) is 7.78. The van der Waals surface area contributed by atoms with Crippen molar-refractivity contribution in [3.05, 3.63) is 31.5 Å². The summed E-state index contributed by atoms with van der Waals surface area (Å²) >= 11 is 0. The second-order valence-corrected chi connectivity index (χ2v) is 5.25. The lowest BCUT2D eigenvalue weighted by molar-refractivity contribution is -0.517. The molecule has 0 bridgehead atoms. The quantitative estimate of drug-likeness (QED) is 0.145. The molecule has 0 aliphatic rings. The number of nitrogens with zero attached hydrogens (tertiary/aromatic N) is 4. The largest absolute Gasteiger partial charge is 0.521 e. The topological polar surface area (TPSA) is 140 Å². The summed E-state index contributed by atoms with van der Waals surface area (Å²) in [6.45, 7) is -2.44. The van der Waals surface area contributed by atoms with Gasteiger partial charge in [-0.15, -0.1) is 8.78 Å². The molecule has 30 heavy (non-hydrogen) atoms. The van der Waals surface area contributed by atoms with E-state index in [1.165, 1.54) is 6.92 Å². The summed E-state index contributed by atoms with van der Waals surface area (Å²) in [5, 5.41) is 0. The van der Waals surface area contributed by atoms with Crippen molar-refractivity contribution in [2.45, 2.75) is 45.5 Å². The Morgan fingerprint density at radius 3 is 2.17 bits per heavy atom. The number of aliphatic imine (C=N–C) groups is 1. The van der Waals surface area contributed by atoms with Crippen molar-refractivity contribution in [3.8, 4) is 0 Å². The molecular formula is C13H13F5N4O8. The predicted molar refractivity (Wildman–Crippen MR) is 81.8 cm³/mol. The molecule has 17 heteroatoms. The molecule has 0 aliphatic carbocycles. The zero-order valence-electron chi connectivity index (χ0n) is 15.0. The molecule has 0 radical (unpaired) electrons. The summed E-state index contributed by atoms with van der Waals surface area (Å²) in [5.74, 6) is -1.49. The van der Waals surface area contributed by atoms with Crippen LogP contribution in [0.4, 0.5) is 22.1 Å². The van der Waals surface area contributed by atoms with Crippen LogP contribution in [0.2, 0.25) is 0 Å². The second-order valence-electron chi connectivity index (χ2n) is 5.25. The van der Waals surface area contributed by atoms with Gasteiger partial charge < -0.3 is 4.74 Å². The van der Waals surface area contributed by atoms with E-state index in [0.717, 1.165) is 6.08 Å². The van der Waals surface area contributed by atoms with Gasteiger partial charge in [-0.3, -0.25) is 4.79 Å². The molecule has 0 unspecified atom stereocenters. The molecule has 0 saturated heterocycles. The fourth-order valence-electron chi connectivity index (χ4n) is 2.02. The summed E-state index contributed by atoms with van der Waals surface area (Å²) in [6, 6.07) is 0. The maximum Gasteiger partial charge on any atom is 0.521 e. The number of rotatable bonds is 11. The molecule has 1 aromatic heterocycles. The third kappa shape index (κ3) is 6.43. The Bertz CT molecular complexity index is 995. The van der Waals surface area contributed by atoms with E-state index in [4.69, 9.17) is 0 Å². The van der Waals surface area contributed by atoms with E-state index >= 15 is 0 Å². The Hall–Kier alpha value is -3.17. The van der Waals surface area contributed by atoms with E-state index in [1.54, 1.807) is 0 Å². The Balaban J connectivity index is 2.95. The monoisotopic (exact) mass is 448 g/mol. The van der Waals surface area contributed by atoms with Gasteiger partial charge in [0.2, 0.25) is 6.08 Å². The van der Waals surface area contributed by atoms with Crippen molar-refractivity contribution in [2.24, 2.45) is 4.99 Å². The van der Waals surface area contributed by atoms with Crippen molar-refractivity contribution >= 4 is 12.0 Å². The van der Waals surface area contributed by atoms with Crippen LogP contribution in [-0.2, 0) is 43.8 Å². The number of carbonyl (C=O) groups is 1. The Kier molecular flexibility index (Phi) is 8.32. The third-order valence-corrected chi connectivity index (χ3v) is 3.28. The number of carbonyl (C=O) groups excluding carboxylic acids is 2. The summed E-state index contributed by atoms with van der Waals surface area (Å²) < 4.78 is 70.0. The van der Waals surface area contributed by atoms with Crippen LogP contribution >= 0.6 is 0 Å². The third-order valence-electron chi connectivity index (χ3n) is 3.28. The molecule has 1 rings (SSSR count). The molecule has 0 atom stereocenters. The molecule has 168 valence electrons. The van der Waals surface area contributed by atoms with Crippen molar-refractivity contribution in [1.82, 2.24) is 13.7 Å². The van der Waals surface area contributed by atoms with Crippen molar-refractivity contribution in [3.63, 3.8) is 0 Å². The number of hydrogen-bond donors (Lipinski definition) is 0. The number of isocyanates is 1. The van der Waals surface area contributed by atoms with Crippen molar-refractivity contribution in [2.75, 3.05) is 6.61 Å². The van der Waals surface area contributed by atoms with Crippen LogP contribution in [0.3, 0.4) is 0 Å². The number of halogens is 5. The highest BCUT2D eigenvalue weighted by atomic mass is 19.4. The Morgan fingerprint density at radius 1 is 1.07 bits per heavy atom. The zero-order valence-corrected chi connectivity index (χ0v) is 15.0. The van der Waals surface area contributed by atoms with Gasteiger partial charge in [0.25, 0.3) is 0 Å². The molecular weight excluding hydrogens is 435 g/mol. The molecule has 12 nitrogen and oxygen atoms in total. The van der Waals surface area contributed by atoms with E-state index in [0.29, 0.717) is 13.7 Å². The molecule has 0 spiro atoms. The average Bonchev–Trinajstić information content (AvgIpc) is 2.66. The predicted octanol–water partition coefficient (Wildman–Crippen LogP) is -0.521. The lowest BCUT2D eigenvalue weighted by atomic mass is 10.4. The first-order chi connectivity index (χ1) is 13.9. The summed E-state index contributed by atoms with van der Waals surface area (Å²) in [6.07, 6.45) is -9.94. The lowest BCUT2D eigenvalue weighted by Gasteiger charge is -2.19. The van der Waals surface area contributed by atoms with Crippen LogP contribution in [0.5, 0.6) is 0 Å². The lowest BCUT2D eigenvalue weighted by Crippen LogP contribution is -2.54. The van der Waals surface area contributed by atoms with Crippen LogP contribution in [0, 0.1) is 0 Å². The number of esters is 1. The molecule has 0 aliphatic heterocycles. The molecule has 1 heterocycles. The molecule has 0 fully saturated rings. The molecule has 0 aromatic carbocycles. The van der Waals surface area contributed by atoms with E-state index in [9.17, 15) is 46.1 Å². The first kappa shape index (κ1) is 24.9. The zero-order chi connectivity index (χ0) is 23.1. The van der Waals surface area contributed by atoms with E-state index in [-0.39, 0.29) is 6.54 Å². The van der Waals surface area contributed by atoms with Crippen molar-refractivity contribution < 1.29 is 46.1 Å². The van der Waals surface area contributed by atoms with Gasteiger partial charge in [0, 0.05) is 13.1 Å². The van der Waals surface area contributed by atoms with Crippen LogP contribution in [0.25, 0.3) is 0 Å². The minimum absolute atomic E-state index is 0.207. The smallest absolute Gasteiger partial charge is 0.456 e. The molecule has 0 amide bonds. The highest BCUT2D eigenvalue weighted by molar-refractivity contribution is 5.69. The maximum absolute atomic E-state index is 13.1. The van der Waals surface area contributed by atoms with Gasteiger partial charge in [0.05, 0.1) is 6.42 Å². The minimum atomic E-state index is -5.30. The molecule has 1 aromatic rings. The minimum Gasteiger partial charge on any atom is -0.456 e. The highest BCUT2D eigenvalue weighted by Gasteiger charge is 2.47. The Labute approximate surface area is 161 Å². The summed E-state index contributed by atoms with van der Waals surface area (Å²) in [5.41, 5.74) is -3.52. The highest BCUT2D eigenvalue weighted by Crippen LogP contribution is 2.28. The van der Waals surface area contributed by atoms with Gasteiger partial charge in [-0.2, -0.15) is 13.8 Å². The SMILES string of the molecule is CCn1c(=O)n(CCC(=O)OCC(F)(F)OC(F)(F)OF)c(=O)n(CN=C=O)c1=O. The first-order valence-electron chi connectivity index (χ1n) is 7.78. The van der Waals surface area contributed by atoms with Gasteiger partial charge in [-0.1, -0.05) is 4.94 Å². The Morgan fingerprint density at radius 2 is 1.63 bits per heavy atom. The van der Waals surface area contributed by atoms with Crippen LogP contribution in [0.15, 0.2) is 19.4 Å². The normalized spacial score (nSPS) is 11.8. The van der Waals surface area contributed by atoms with Gasteiger partial charge in [0.15, 0.2) is 6.61 Å². The van der Waals surface area contributed by atoms with Gasteiger partial charge in [-0.25, -0.2) is 37.6 Å².